The Morgan fingerprint density at radius 1 is 1.26 bits per heavy atom. The highest BCUT2D eigenvalue weighted by Gasteiger charge is 2.26. The van der Waals surface area contributed by atoms with E-state index in [-0.39, 0.29) is 5.41 Å². The summed E-state index contributed by atoms with van der Waals surface area (Å²) in [5, 5.41) is 9.47. The van der Waals surface area contributed by atoms with Gasteiger partial charge in [0.05, 0.1) is 5.69 Å². The van der Waals surface area contributed by atoms with Crippen LogP contribution in [0.2, 0.25) is 0 Å². The van der Waals surface area contributed by atoms with Crippen LogP contribution in [0, 0.1) is 13.8 Å². The normalized spacial score (nSPS) is 11.5. The largest absolute Gasteiger partial charge is 0.465 e. The molecule has 0 radical (unpaired) electrons. The fourth-order valence-corrected chi connectivity index (χ4v) is 2.42. The van der Waals surface area contributed by atoms with Gasteiger partial charge >= 0.3 is 6.09 Å². The van der Waals surface area contributed by atoms with E-state index in [1.54, 1.807) is 0 Å². The molecule has 19 heavy (non-hydrogen) atoms. The lowest BCUT2D eigenvalue weighted by Gasteiger charge is -2.30. The molecule has 3 nitrogen and oxygen atoms in total. The number of hydrogen-bond acceptors (Lipinski definition) is 1. The molecular weight excluding hydrogens is 238 g/mol. The van der Waals surface area contributed by atoms with Crippen molar-refractivity contribution in [3.63, 3.8) is 0 Å². The van der Waals surface area contributed by atoms with E-state index in [2.05, 4.69) is 39.8 Å². The fourth-order valence-electron chi connectivity index (χ4n) is 2.42. The van der Waals surface area contributed by atoms with Crippen molar-refractivity contribution in [1.29, 1.82) is 0 Å². The van der Waals surface area contributed by atoms with Gasteiger partial charge in [-0.05, 0) is 36.8 Å². The lowest BCUT2D eigenvalue weighted by Crippen LogP contribution is -2.33. The van der Waals surface area contributed by atoms with Crippen LogP contribution in [-0.2, 0) is 5.41 Å². The van der Waals surface area contributed by atoms with E-state index in [0.29, 0.717) is 6.54 Å². The van der Waals surface area contributed by atoms with E-state index in [9.17, 15) is 9.90 Å². The lowest BCUT2D eigenvalue weighted by atomic mass is 9.83. The Balaban J connectivity index is 3.51. The second-order valence-electron chi connectivity index (χ2n) is 6.16. The summed E-state index contributed by atoms with van der Waals surface area (Å²) < 4.78 is 0. The fraction of sp³-hybridized carbons (Fsp3) is 0.562. The zero-order valence-electron chi connectivity index (χ0n) is 12.9. The third-order valence-corrected chi connectivity index (χ3v) is 3.20. The third-order valence-electron chi connectivity index (χ3n) is 3.20. The molecule has 1 N–H and O–H groups in total. The molecule has 0 atom stereocenters. The van der Waals surface area contributed by atoms with E-state index in [4.69, 9.17) is 0 Å². The summed E-state index contributed by atoms with van der Waals surface area (Å²) in [6.07, 6.45) is -0.0669. The van der Waals surface area contributed by atoms with Crippen molar-refractivity contribution >= 4 is 11.8 Å². The van der Waals surface area contributed by atoms with Crippen molar-refractivity contribution in [3.8, 4) is 0 Å². The van der Waals surface area contributed by atoms with Crippen LogP contribution in [0.3, 0.4) is 0 Å². The number of anilines is 1. The zero-order valence-corrected chi connectivity index (χ0v) is 12.9. The van der Waals surface area contributed by atoms with E-state index in [1.807, 2.05) is 13.8 Å². The Morgan fingerprint density at radius 2 is 1.84 bits per heavy atom. The van der Waals surface area contributed by atoms with Crippen molar-refractivity contribution < 1.29 is 9.90 Å². The average Bonchev–Trinajstić information content (AvgIpc) is 2.24. The Hall–Kier alpha value is -1.51. The first-order chi connectivity index (χ1) is 8.68. The van der Waals surface area contributed by atoms with Gasteiger partial charge in [-0.15, -0.1) is 0 Å². The molecule has 0 saturated carbocycles. The SMILES string of the molecule is CCCN(C(=O)O)c1c(C)cc(C)cc1C(C)(C)C. The molecule has 0 aliphatic heterocycles. The molecule has 0 heterocycles. The minimum Gasteiger partial charge on any atom is -0.465 e. The molecule has 1 amide bonds. The predicted molar refractivity (Wildman–Crippen MR) is 80.3 cm³/mol. The second kappa shape index (κ2) is 5.64. The monoisotopic (exact) mass is 263 g/mol. The summed E-state index contributed by atoms with van der Waals surface area (Å²) in [6, 6.07) is 4.16. The molecule has 0 spiro atoms. The van der Waals surface area contributed by atoms with Gasteiger partial charge in [0.1, 0.15) is 0 Å². The molecule has 0 saturated heterocycles. The van der Waals surface area contributed by atoms with E-state index in [0.717, 1.165) is 23.2 Å². The summed E-state index contributed by atoms with van der Waals surface area (Å²) in [7, 11) is 0. The third kappa shape index (κ3) is 3.49. The number of nitrogens with zero attached hydrogens (tertiary/aromatic N) is 1. The van der Waals surface area contributed by atoms with Gasteiger partial charge in [-0.2, -0.15) is 0 Å². The van der Waals surface area contributed by atoms with Crippen molar-refractivity contribution in [2.75, 3.05) is 11.4 Å². The maximum absolute atomic E-state index is 11.5. The summed E-state index contributed by atoms with van der Waals surface area (Å²) in [4.78, 5) is 13.0. The van der Waals surface area contributed by atoms with Gasteiger partial charge in [-0.3, -0.25) is 4.90 Å². The Bertz CT molecular complexity index is 472. The summed E-state index contributed by atoms with van der Waals surface area (Å²) in [5.74, 6) is 0. The molecule has 106 valence electrons. The summed E-state index contributed by atoms with van der Waals surface area (Å²) in [5.41, 5.74) is 4.08. The molecule has 0 aliphatic carbocycles. The van der Waals surface area contributed by atoms with Gasteiger partial charge in [0.25, 0.3) is 0 Å². The first-order valence-corrected chi connectivity index (χ1v) is 6.80. The maximum Gasteiger partial charge on any atom is 0.411 e. The van der Waals surface area contributed by atoms with Crippen LogP contribution in [0.15, 0.2) is 12.1 Å². The number of carboxylic acid groups (broad SMARTS) is 1. The van der Waals surface area contributed by atoms with Gasteiger partial charge in [0.15, 0.2) is 0 Å². The van der Waals surface area contributed by atoms with Crippen molar-refractivity contribution in [2.45, 2.75) is 53.4 Å². The lowest BCUT2D eigenvalue weighted by molar-refractivity contribution is 0.201. The summed E-state index contributed by atoms with van der Waals surface area (Å²) in [6.45, 7) is 12.9. The Labute approximate surface area is 116 Å². The van der Waals surface area contributed by atoms with Crippen molar-refractivity contribution in [3.05, 3.63) is 28.8 Å². The Kier molecular flexibility index (Phi) is 4.61. The molecule has 0 aromatic heterocycles. The van der Waals surface area contributed by atoms with E-state index < -0.39 is 6.09 Å². The number of rotatable bonds is 3. The minimum atomic E-state index is -0.876. The van der Waals surface area contributed by atoms with Gasteiger partial charge < -0.3 is 5.11 Å². The maximum atomic E-state index is 11.5. The molecule has 0 aliphatic rings. The van der Waals surface area contributed by atoms with Crippen LogP contribution in [-0.4, -0.2) is 17.7 Å². The zero-order chi connectivity index (χ0) is 14.8. The minimum absolute atomic E-state index is 0.0758. The van der Waals surface area contributed by atoms with Crippen molar-refractivity contribution in [2.24, 2.45) is 0 Å². The first-order valence-electron chi connectivity index (χ1n) is 6.80. The van der Waals surface area contributed by atoms with Gasteiger partial charge in [-0.25, -0.2) is 4.79 Å². The quantitative estimate of drug-likeness (QED) is 0.872. The highest BCUT2D eigenvalue weighted by molar-refractivity contribution is 5.88. The smallest absolute Gasteiger partial charge is 0.411 e. The van der Waals surface area contributed by atoms with Gasteiger partial charge in [-0.1, -0.05) is 45.4 Å². The molecule has 0 fully saturated rings. The molecule has 0 bridgehead atoms. The van der Waals surface area contributed by atoms with Crippen LogP contribution in [0.5, 0.6) is 0 Å². The molecule has 1 rings (SSSR count). The van der Waals surface area contributed by atoms with Gasteiger partial charge in [0, 0.05) is 6.54 Å². The van der Waals surface area contributed by atoms with Crippen LogP contribution in [0.4, 0.5) is 10.5 Å². The molecule has 1 aromatic carbocycles. The van der Waals surface area contributed by atoms with Gasteiger partial charge in [0.2, 0.25) is 0 Å². The Morgan fingerprint density at radius 3 is 2.26 bits per heavy atom. The molecule has 0 unspecified atom stereocenters. The van der Waals surface area contributed by atoms with Crippen LogP contribution >= 0.6 is 0 Å². The number of aryl methyl sites for hydroxylation is 2. The number of amides is 1. The number of hydrogen-bond donors (Lipinski definition) is 1. The van der Waals surface area contributed by atoms with E-state index >= 15 is 0 Å². The molecule has 1 aromatic rings. The van der Waals surface area contributed by atoms with Crippen LogP contribution < -0.4 is 4.90 Å². The summed E-state index contributed by atoms with van der Waals surface area (Å²) >= 11 is 0. The van der Waals surface area contributed by atoms with E-state index in [1.165, 1.54) is 10.5 Å². The topological polar surface area (TPSA) is 40.5 Å². The van der Waals surface area contributed by atoms with Crippen LogP contribution in [0.25, 0.3) is 0 Å². The second-order valence-corrected chi connectivity index (χ2v) is 6.16. The predicted octanol–water partition coefficient (Wildman–Crippen LogP) is 4.50. The number of carbonyl (C=O) groups is 1. The number of benzene rings is 1. The highest BCUT2D eigenvalue weighted by Crippen LogP contribution is 2.35. The average molecular weight is 263 g/mol. The molecule has 3 heteroatoms. The molecular formula is C16H25NO2. The highest BCUT2D eigenvalue weighted by atomic mass is 16.4. The van der Waals surface area contributed by atoms with Crippen LogP contribution in [0.1, 0.15) is 50.8 Å². The first kappa shape index (κ1) is 15.5. The van der Waals surface area contributed by atoms with Crippen molar-refractivity contribution in [1.82, 2.24) is 0 Å². The standard InChI is InChI=1S/C16H25NO2/c1-7-8-17(15(18)19)14-12(3)9-11(2)10-13(14)16(4,5)6/h9-10H,7-8H2,1-6H3,(H,18,19).